The highest BCUT2D eigenvalue weighted by Gasteiger charge is 2.48. The van der Waals surface area contributed by atoms with E-state index in [1.807, 2.05) is 19.1 Å². The number of likely N-dealkylation sites (tertiary alicyclic amines) is 1. The third-order valence-corrected chi connectivity index (χ3v) is 3.66. The topological polar surface area (TPSA) is 46.6 Å². The third kappa shape index (κ3) is 2.27. The molecule has 0 radical (unpaired) electrons. The number of benzene rings is 1. The molecular formula is C13H14BrNO3. The highest BCUT2D eigenvalue weighted by atomic mass is 79.9. The Morgan fingerprint density at radius 2 is 1.83 bits per heavy atom. The largest absolute Gasteiger partial charge is 0.468 e. The molecule has 1 aromatic rings. The standard InChI is InChI=1S/C13H14BrNO3/c1-13(12(17)18-2)7-15(8-13)11(16)9-3-5-10(14)6-4-9/h3-6H,7-8H2,1-2H3. The highest BCUT2D eigenvalue weighted by molar-refractivity contribution is 9.10. The zero-order valence-electron chi connectivity index (χ0n) is 10.3. The molecule has 1 aliphatic rings. The van der Waals surface area contributed by atoms with Crippen LogP contribution in [0, 0.1) is 5.41 Å². The Labute approximate surface area is 114 Å². The molecular weight excluding hydrogens is 298 g/mol. The van der Waals surface area contributed by atoms with Crippen LogP contribution in [0.15, 0.2) is 28.7 Å². The molecule has 4 nitrogen and oxygen atoms in total. The van der Waals surface area contributed by atoms with Gasteiger partial charge in [0.05, 0.1) is 7.11 Å². The van der Waals surface area contributed by atoms with E-state index >= 15 is 0 Å². The number of carbonyl (C=O) groups excluding carboxylic acids is 2. The Hall–Kier alpha value is -1.36. The summed E-state index contributed by atoms with van der Waals surface area (Å²) in [6.07, 6.45) is 0. The third-order valence-electron chi connectivity index (χ3n) is 3.14. The zero-order chi connectivity index (χ0) is 13.3. The van der Waals surface area contributed by atoms with E-state index in [2.05, 4.69) is 15.9 Å². The molecule has 1 amide bonds. The van der Waals surface area contributed by atoms with Crippen LogP contribution >= 0.6 is 15.9 Å². The van der Waals surface area contributed by atoms with Crippen LogP contribution in [0.25, 0.3) is 0 Å². The number of esters is 1. The van der Waals surface area contributed by atoms with E-state index in [1.54, 1.807) is 17.0 Å². The zero-order valence-corrected chi connectivity index (χ0v) is 11.9. The molecule has 0 atom stereocenters. The summed E-state index contributed by atoms with van der Waals surface area (Å²) in [7, 11) is 1.37. The minimum atomic E-state index is -0.556. The summed E-state index contributed by atoms with van der Waals surface area (Å²) >= 11 is 3.32. The van der Waals surface area contributed by atoms with E-state index in [-0.39, 0.29) is 11.9 Å². The van der Waals surface area contributed by atoms with Crippen LogP contribution in [0.5, 0.6) is 0 Å². The van der Waals surface area contributed by atoms with E-state index in [4.69, 9.17) is 4.74 Å². The average molecular weight is 312 g/mol. The van der Waals surface area contributed by atoms with E-state index in [9.17, 15) is 9.59 Å². The number of amides is 1. The summed E-state index contributed by atoms with van der Waals surface area (Å²) in [6, 6.07) is 7.18. The van der Waals surface area contributed by atoms with Gasteiger partial charge in [-0.1, -0.05) is 15.9 Å². The van der Waals surface area contributed by atoms with Crippen molar-refractivity contribution in [2.24, 2.45) is 5.41 Å². The molecule has 5 heteroatoms. The lowest BCUT2D eigenvalue weighted by molar-refractivity contribution is -0.159. The van der Waals surface area contributed by atoms with Crippen LogP contribution in [0.1, 0.15) is 17.3 Å². The van der Waals surface area contributed by atoms with Crippen molar-refractivity contribution in [3.63, 3.8) is 0 Å². The Balaban J connectivity index is 2.02. The summed E-state index contributed by atoms with van der Waals surface area (Å²) in [4.78, 5) is 25.2. The average Bonchev–Trinajstić information content (AvgIpc) is 2.34. The van der Waals surface area contributed by atoms with Gasteiger partial charge in [0.25, 0.3) is 5.91 Å². The molecule has 1 heterocycles. The molecule has 0 bridgehead atoms. The maximum atomic E-state index is 12.1. The van der Waals surface area contributed by atoms with Gasteiger partial charge in [0.1, 0.15) is 5.41 Å². The molecule has 0 N–H and O–H groups in total. The number of carbonyl (C=O) groups is 2. The first-order valence-electron chi connectivity index (χ1n) is 5.59. The predicted octanol–water partition coefficient (Wildman–Crippen LogP) is 2.08. The molecule has 1 aliphatic heterocycles. The number of hydrogen-bond acceptors (Lipinski definition) is 3. The van der Waals surface area contributed by atoms with E-state index in [0.717, 1.165) is 4.47 Å². The highest BCUT2D eigenvalue weighted by Crippen LogP contribution is 2.32. The molecule has 0 aliphatic carbocycles. The van der Waals surface area contributed by atoms with Gasteiger partial charge >= 0.3 is 5.97 Å². The van der Waals surface area contributed by atoms with Crippen LogP contribution in [0.2, 0.25) is 0 Å². The van der Waals surface area contributed by atoms with Crippen LogP contribution in [-0.2, 0) is 9.53 Å². The van der Waals surface area contributed by atoms with Crippen molar-refractivity contribution >= 4 is 27.8 Å². The molecule has 1 fully saturated rings. The van der Waals surface area contributed by atoms with Gasteiger partial charge in [0.2, 0.25) is 0 Å². The van der Waals surface area contributed by atoms with Crippen molar-refractivity contribution in [3.05, 3.63) is 34.3 Å². The van der Waals surface area contributed by atoms with Gasteiger partial charge in [-0.05, 0) is 31.2 Å². The fraction of sp³-hybridized carbons (Fsp3) is 0.385. The molecule has 18 heavy (non-hydrogen) atoms. The smallest absolute Gasteiger partial charge is 0.315 e. The molecule has 0 aromatic heterocycles. The number of nitrogens with zero attached hydrogens (tertiary/aromatic N) is 1. The quantitative estimate of drug-likeness (QED) is 0.786. The van der Waals surface area contributed by atoms with E-state index in [1.165, 1.54) is 7.11 Å². The van der Waals surface area contributed by atoms with Crippen molar-refractivity contribution in [2.75, 3.05) is 20.2 Å². The summed E-state index contributed by atoms with van der Waals surface area (Å²) in [5, 5.41) is 0. The monoisotopic (exact) mass is 311 g/mol. The molecule has 1 saturated heterocycles. The van der Waals surface area contributed by atoms with Gasteiger partial charge in [-0.15, -0.1) is 0 Å². The lowest BCUT2D eigenvalue weighted by atomic mass is 9.81. The second-order valence-electron chi connectivity index (χ2n) is 4.72. The van der Waals surface area contributed by atoms with Crippen LogP contribution < -0.4 is 0 Å². The van der Waals surface area contributed by atoms with Crippen molar-refractivity contribution in [3.8, 4) is 0 Å². The Morgan fingerprint density at radius 1 is 1.28 bits per heavy atom. The normalized spacial score (nSPS) is 16.9. The number of hydrogen-bond donors (Lipinski definition) is 0. The molecule has 0 spiro atoms. The summed E-state index contributed by atoms with van der Waals surface area (Å²) in [5.74, 6) is -0.314. The minimum Gasteiger partial charge on any atom is -0.468 e. The second-order valence-corrected chi connectivity index (χ2v) is 5.64. The van der Waals surface area contributed by atoms with Crippen molar-refractivity contribution in [2.45, 2.75) is 6.92 Å². The first-order valence-corrected chi connectivity index (χ1v) is 6.39. The van der Waals surface area contributed by atoms with Gasteiger partial charge in [0.15, 0.2) is 0 Å². The minimum absolute atomic E-state index is 0.0520. The lowest BCUT2D eigenvalue weighted by Crippen LogP contribution is -2.60. The molecule has 2 rings (SSSR count). The summed E-state index contributed by atoms with van der Waals surface area (Å²) in [6.45, 7) is 2.63. The van der Waals surface area contributed by atoms with Crippen molar-refractivity contribution in [1.82, 2.24) is 4.90 Å². The van der Waals surface area contributed by atoms with Crippen molar-refractivity contribution in [1.29, 1.82) is 0 Å². The van der Waals surface area contributed by atoms with Gasteiger partial charge < -0.3 is 9.64 Å². The molecule has 0 saturated carbocycles. The van der Waals surface area contributed by atoms with Gasteiger partial charge in [0, 0.05) is 23.1 Å². The Morgan fingerprint density at radius 3 is 2.33 bits per heavy atom. The van der Waals surface area contributed by atoms with Gasteiger partial charge in [-0.25, -0.2) is 0 Å². The van der Waals surface area contributed by atoms with Gasteiger partial charge in [-0.3, -0.25) is 9.59 Å². The number of methoxy groups -OCH3 is 1. The van der Waals surface area contributed by atoms with E-state index < -0.39 is 5.41 Å². The Kier molecular flexibility index (Phi) is 3.43. The number of ether oxygens (including phenoxy) is 1. The van der Waals surface area contributed by atoms with Crippen LogP contribution in [0.4, 0.5) is 0 Å². The molecule has 1 aromatic carbocycles. The lowest BCUT2D eigenvalue weighted by Gasteiger charge is -2.45. The first-order chi connectivity index (χ1) is 8.46. The SMILES string of the molecule is COC(=O)C1(C)CN(C(=O)c2ccc(Br)cc2)C1. The van der Waals surface area contributed by atoms with Crippen molar-refractivity contribution < 1.29 is 14.3 Å². The Bertz CT molecular complexity index is 478. The van der Waals surface area contributed by atoms with E-state index in [0.29, 0.717) is 18.7 Å². The summed E-state index contributed by atoms with van der Waals surface area (Å²) < 4.78 is 5.66. The van der Waals surface area contributed by atoms with Crippen LogP contribution in [-0.4, -0.2) is 37.0 Å². The fourth-order valence-electron chi connectivity index (χ4n) is 2.09. The maximum Gasteiger partial charge on any atom is 0.315 e. The molecule has 96 valence electrons. The number of rotatable bonds is 2. The summed E-state index contributed by atoms with van der Waals surface area (Å²) in [5.41, 5.74) is 0.0740. The number of halogens is 1. The van der Waals surface area contributed by atoms with Crippen LogP contribution in [0.3, 0.4) is 0 Å². The fourth-order valence-corrected chi connectivity index (χ4v) is 2.35. The van der Waals surface area contributed by atoms with Gasteiger partial charge in [-0.2, -0.15) is 0 Å². The second kappa shape index (κ2) is 4.72. The molecule has 0 unspecified atom stereocenters. The maximum absolute atomic E-state index is 12.1. The predicted molar refractivity (Wildman–Crippen MR) is 70.2 cm³/mol. The first kappa shape index (κ1) is 13.1.